The van der Waals surface area contributed by atoms with Crippen molar-refractivity contribution in [1.82, 2.24) is 4.57 Å². The number of carbonyl (C=O) groups is 1. The van der Waals surface area contributed by atoms with Crippen molar-refractivity contribution in [3.8, 4) is 5.75 Å². The minimum atomic E-state index is 0.369. The van der Waals surface area contributed by atoms with E-state index in [1.807, 2.05) is 36.4 Å². The maximum atomic E-state index is 11.7. The zero-order valence-electron chi connectivity index (χ0n) is 15.1. The van der Waals surface area contributed by atoms with E-state index in [0.717, 1.165) is 59.3 Å². The zero-order chi connectivity index (χ0) is 18.4. The van der Waals surface area contributed by atoms with Gasteiger partial charge < -0.3 is 9.67 Å². The van der Waals surface area contributed by atoms with E-state index in [0.29, 0.717) is 17.9 Å². The molecular formula is C24H21NO2. The average Bonchev–Trinajstić information content (AvgIpc) is 3.03. The standard InChI is InChI=1S/C24H21NO2/c26-15-18-10-6-12-20-22(18)23-21(25(20)14-16-7-2-1-3-8-16)13-17-9-4-5-11-19(17)24(23)27/h1-3,6-8,10,12-13,15,27H,4-5,9,11,14H2. The molecule has 0 saturated heterocycles. The van der Waals surface area contributed by atoms with Crippen molar-refractivity contribution in [3.63, 3.8) is 0 Å². The molecule has 5 rings (SSSR count). The molecule has 1 aromatic heterocycles. The topological polar surface area (TPSA) is 42.2 Å². The van der Waals surface area contributed by atoms with Gasteiger partial charge in [-0.05, 0) is 54.5 Å². The summed E-state index contributed by atoms with van der Waals surface area (Å²) in [7, 11) is 0. The number of benzene rings is 3. The Bertz CT molecular complexity index is 1170. The summed E-state index contributed by atoms with van der Waals surface area (Å²) in [4.78, 5) is 11.7. The monoisotopic (exact) mass is 355 g/mol. The first-order chi connectivity index (χ1) is 13.3. The van der Waals surface area contributed by atoms with E-state index in [-0.39, 0.29) is 0 Å². The average molecular weight is 355 g/mol. The molecule has 1 aliphatic rings. The smallest absolute Gasteiger partial charge is 0.150 e. The molecule has 0 atom stereocenters. The van der Waals surface area contributed by atoms with Crippen molar-refractivity contribution in [2.24, 2.45) is 0 Å². The first-order valence-corrected chi connectivity index (χ1v) is 9.55. The molecule has 0 fully saturated rings. The van der Waals surface area contributed by atoms with Gasteiger partial charge in [-0.15, -0.1) is 0 Å². The van der Waals surface area contributed by atoms with Gasteiger partial charge in [0.05, 0.1) is 16.4 Å². The highest BCUT2D eigenvalue weighted by Gasteiger charge is 2.22. The van der Waals surface area contributed by atoms with Gasteiger partial charge in [0.15, 0.2) is 6.29 Å². The number of hydrogen-bond donors (Lipinski definition) is 1. The van der Waals surface area contributed by atoms with Crippen molar-refractivity contribution < 1.29 is 9.90 Å². The van der Waals surface area contributed by atoms with Crippen LogP contribution in [0.1, 0.15) is 39.9 Å². The minimum Gasteiger partial charge on any atom is -0.507 e. The van der Waals surface area contributed by atoms with Gasteiger partial charge in [-0.1, -0.05) is 42.5 Å². The fourth-order valence-electron chi connectivity index (χ4n) is 4.55. The summed E-state index contributed by atoms with van der Waals surface area (Å²) in [5, 5.41) is 12.9. The highest BCUT2D eigenvalue weighted by molar-refractivity contribution is 6.17. The highest BCUT2D eigenvalue weighted by Crippen LogP contribution is 2.42. The van der Waals surface area contributed by atoms with Gasteiger partial charge in [-0.2, -0.15) is 0 Å². The van der Waals surface area contributed by atoms with Crippen molar-refractivity contribution in [2.75, 3.05) is 0 Å². The summed E-state index contributed by atoms with van der Waals surface area (Å²) in [6.45, 7) is 0.710. The zero-order valence-corrected chi connectivity index (χ0v) is 15.1. The molecule has 3 heteroatoms. The molecule has 1 aliphatic carbocycles. The lowest BCUT2D eigenvalue weighted by atomic mass is 9.89. The number of aldehydes is 1. The third kappa shape index (κ3) is 2.46. The van der Waals surface area contributed by atoms with E-state index < -0.39 is 0 Å². The summed E-state index contributed by atoms with van der Waals surface area (Å²) in [6, 6.07) is 18.4. The minimum absolute atomic E-state index is 0.369. The Morgan fingerprint density at radius 2 is 1.74 bits per heavy atom. The summed E-state index contributed by atoms with van der Waals surface area (Å²) < 4.78 is 2.24. The van der Waals surface area contributed by atoms with Gasteiger partial charge in [-0.25, -0.2) is 0 Å². The third-order valence-corrected chi connectivity index (χ3v) is 5.82. The van der Waals surface area contributed by atoms with Crippen LogP contribution in [0.2, 0.25) is 0 Å². The molecule has 0 amide bonds. The number of aromatic hydroxyl groups is 1. The van der Waals surface area contributed by atoms with Crippen LogP contribution in [0.3, 0.4) is 0 Å². The summed E-state index contributed by atoms with van der Waals surface area (Å²) in [5.74, 6) is 0.369. The Hall–Kier alpha value is -3.07. The first-order valence-electron chi connectivity index (χ1n) is 9.55. The molecule has 0 aliphatic heterocycles. The Kier molecular flexibility index (Phi) is 3.75. The second-order valence-corrected chi connectivity index (χ2v) is 7.40. The maximum Gasteiger partial charge on any atom is 0.150 e. The summed E-state index contributed by atoms with van der Waals surface area (Å²) in [5.41, 5.74) is 6.15. The number of hydrogen-bond acceptors (Lipinski definition) is 2. The molecule has 1 heterocycles. The summed E-state index contributed by atoms with van der Waals surface area (Å²) in [6.07, 6.45) is 5.08. The molecule has 0 radical (unpaired) electrons. The Balaban J connectivity index is 1.89. The molecule has 134 valence electrons. The molecule has 0 unspecified atom stereocenters. The van der Waals surface area contributed by atoms with Crippen LogP contribution in [0.4, 0.5) is 0 Å². The molecule has 4 aromatic rings. The maximum absolute atomic E-state index is 11.7. The molecule has 0 saturated carbocycles. The van der Waals surface area contributed by atoms with Crippen molar-refractivity contribution in [2.45, 2.75) is 32.2 Å². The van der Waals surface area contributed by atoms with Gasteiger partial charge >= 0.3 is 0 Å². The van der Waals surface area contributed by atoms with E-state index in [1.165, 1.54) is 11.1 Å². The van der Waals surface area contributed by atoms with Crippen LogP contribution in [0.15, 0.2) is 54.6 Å². The molecule has 3 nitrogen and oxygen atoms in total. The van der Waals surface area contributed by atoms with Crippen LogP contribution in [-0.4, -0.2) is 16.0 Å². The SMILES string of the molecule is O=Cc1cccc2c1c1c(O)c3c(cc1n2Cc1ccccc1)CCCC3. The number of fused-ring (bicyclic) bond motifs is 4. The predicted octanol–water partition coefficient (Wildman–Crippen LogP) is 5.24. The number of aromatic nitrogens is 1. The third-order valence-electron chi connectivity index (χ3n) is 5.82. The fourth-order valence-corrected chi connectivity index (χ4v) is 4.55. The van der Waals surface area contributed by atoms with Crippen LogP contribution < -0.4 is 0 Å². The molecule has 27 heavy (non-hydrogen) atoms. The second-order valence-electron chi connectivity index (χ2n) is 7.40. The quantitative estimate of drug-likeness (QED) is 0.511. The van der Waals surface area contributed by atoms with Crippen LogP contribution >= 0.6 is 0 Å². The number of nitrogens with zero attached hydrogens (tertiary/aromatic N) is 1. The van der Waals surface area contributed by atoms with Gasteiger partial charge in [0, 0.05) is 17.5 Å². The molecular weight excluding hydrogens is 334 g/mol. The van der Waals surface area contributed by atoms with Gasteiger partial charge in [-0.3, -0.25) is 4.79 Å². The number of phenolic OH excluding ortho intramolecular Hbond substituents is 1. The molecule has 1 N–H and O–H groups in total. The Labute approximate surface area is 157 Å². The van der Waals surface area contributed by atoms with Crippen LogP contribution in [-0.2, 0) is 19.4 Å². The number of carbonyl (C=O) groups excluding carboxylic acids is 1. The molecule has 3 aromatic carbocycles. The van der Waals surface area contributed by atoms with Crippen LogP contribution in [0.25, 0.3) is 21.8 Å². The number of aryl methyl sites for hydroxylation is 1. The van der Waals surface area contributed by atoms with Gasteiger partial charge in [0.1, 0.15) is 5.75 Å². The normalized spacial score (nSPS) is 13.8. The van der Waals surface area contributed by atoms with Gasteiger partial charge in [0.2, 0.25) is 0 Å². The van der Waals surface area contributed by atoms with Crippen molar-refractivity contribution >= 4 is 28.1 Å². The van der Waals surface area contributed by atoms with E-state index >= 15 is 0 Å². The summed E-state index contributed by atoms with van der Waals surface area (Å²) >= 11 is 0. The lowest BCUT2D eigenvalue weighted by molar-refractivity contribution is 0.112. The second kappa shape index (κ2) is 6.27. The van der Waals surface area contributed by atoms with Crippen LogP contribution in [0, 0.1) is 0 Å². The Morgan fingerprint density at radius 3 is 2.56 bits per heavy atom. The predicted molar refractivity (Wildman–Crippen MR) is 109 cm³/mol. The molecule has 0 spiro atoms. The van der Waals surface area contributed by atoms with E-state index in [1.54, 1.807) is 0 Å². The van der Waals surface area contributed by atoms with Crippen molar-refractivity contribution in [1.29, 1.82) is 0 Å². The van der Waals surface area contributed by atoms with Crippen molar-refractivity contribution in [3.05, 3.63) is 76.9 Å². The largest absolute Gasteiger partial charge is 0.507 e. The number of phenols is 1. The highest BCUT2D eigenvalue weighted by atomic mass is 16.3. The van der Waals surface area contributed by atoms with Crippen LogP contribution in [0.5, 0.6) is 5.75 Å². The van der Waals surface area contributed by atoms with Gasteiger partial charge in [0.25, 0.3) is 0 Å². The molecule has 0 bridgehead atoms. The van der Waals surface area contributed by atoms with E-state index in [9.17, 15) is 9.90 Å². The first kappa shape index (κ1) is 16.1. The Morgan fingerprint density at radius 1 is 0.926 bits per heavy atom. The number of rotatable bonds is 3. The lowest BCUT2D eigenvalue weighted by Gasteiger charge is -2.18. The lowest BCUT2D eigenvalue weighted by Crippen LogP contribution is -2.04. The van der Waals surface area contributed by atoms with E-state index in [2.05, 4.69) is 22.8 Å². The van der Waals surface area contributed by atoms with E-state index in [4.69, 9.17) is 0 Å². The fraction of sp³-hybridized carbons (Fsp3) is 0.208.